The lowest BCUT2D eigenvalue weighted by molar-refractivity contribution is -0.114. The number of nitrogens with one attached hydrogen (secondary N) is 1. The fourth-order valence-corrected chi connectivity index (χ4v) is 2.80. The van der Waals surface area contributed by atoms with Crippen molar-refractivity contribution in [1.82, 2.24) is 0 Å². The third-order valence-corrected chi connectivity index (χ3v) is 3.98. The molecule has 1 aromatic heterocycles. The standard InChI is InChI=1S/C20H19NO3/c1-4-16-17-11-15(21-13(3)22)9-10-18(17)24-20(16)19(23)14-7-5-12(2)6-8-14/h5-11H,4H2,1-3H3,(H,21,22). The molecular formula is C20H19NO3. The van der Waals surface area contributed by atoms with Crippen molar-refractivity contribution in [3.63, 3.8) is 0 Å². The van der Waals surface area contributed by atoms with E-state index in [1.54, 1.807) is 12.1 Å². The van der Waals surface area contributed by atoms with E-state index in [0.29, 0.717) is 29.0 Å². The molecule has 0 saturated heterocycles. The molecule has 2 aromatic carbocycles. The molecule has 0 unspecified atom stereocenters. The Bertz CT molecular complexity index is 920. The van der Waals surface area contributed by atoms with Crippen LogP contribution in [0.15, 0.2) is 46.9 Å². The van der Waals surface area contributed by atoms with Crippen LogP contribution < -0.4 is 5.32 Å². The van der Waals surface area contributed by atoms with Crippen molar-refractivity contribution in [3.05, 3.63) is 64.9 Å². The molecular weight excluding hydrogens is 302 g/mol. The Morgan fingerprint density at radius 3 is 2.42 bits per heavy atom. The topological polar surface area (TPSA) is 59.3 Å². The van der Waals surface area contributed by atoms with Gasteiger partial charge >= 0.3 is 0 Å². The van der Waals surface area contributed by atoms with Crippen LogP contribution in [-0.2, 0) is 11.2 Å². The fraction of sp³-hybridized carbons (Fsp3) is 0.200. The fourth-order valence-electron chi connectivity index (χ4n) is 2.80. The third-order valence-electron chi connectivity index (χ3n) is 3.98. The summed E-state index contributed by atoms with van der Waals surface area (Å²) in [5, 5.41) is 3.62. The molecule has 0 atom stereocenters. The predicted molar refractivity (Wildman–Crippen MR) is 94.5 cm³/mol. The van der Waals surface area contributed by atoms with Gasteiger partial charge in [-0.05, 0) is 31.5 Å². The Balaban J connectivity index is 2.09. The Kier molecular flexibility index (Phi) is 4.21. The number of benzene rings is 2. The van der Waals surface area contributed by atoms with E-state index < -0.39 is 0 Å². The highest BCUT2D eigenvalue weighted by atomic mass is 16.3. The minimum absolute atomic E-state index is 0.121. The Labute approximate surface area is 140 Å². The highest BCUT2D eigenvalue weighted by molar-refractivity contribution is 6.11. The van der Waals surface area contributed by atoms with Crippen LogP contribution in [0.5, 0.6) is 0 Å². The number of amides is 1. The summed E-state index contributed by atoms with van der Waals surface area (Å²) in [5.41, 5.74) is 3.92. The molecule has 4 heteroatoms. The average Bonchev–Trinajstić information content (AvgIpc) is 2.92. The van der Waals surface area contributed by atoms with Crippen molar-refractivity contribution in [1.29, 1.82) is 0 Å². The van der Waals surface area contributed by atoms with Crippen LogP contribution in [0.3, 0.4) is 0 Å². The number of hydrogen-bond donors (Lipinski definition) is 1. The molecule has 24 heavy (non-hydrogen) atoms. The Morgan fingerprint density at radius 1 is 1.08 bits per heavy atom. The van der Waals surface area contributed by atoms with Crippen LogP contribution in [0.25, 0.3) is 11.0 Å². The summed E-state index contributed by atoms with van der Waals surface area (Å²) < 4.78 is 5.83. The first-order valence-corrected chi connectivity index (χ1v) is 7.94. The Morgan fingerprint density at radius 2 is 1.79 bits per heavy atom. The van der Waals surface area contributed by atoms with Crippen molar-refractivity contribution in [2.75, 3.05) is 5.32 Å². The maximum atomic E-state index is 12.8. The first-order chi connectivity index (χ1) is 11.5. The molecule has 1 N–H and O–H groups in total. The summed E-state index contributed by atoms with van der Waals surface area (Å²) in [5.74, 6) is 0.118. The third kappa shape index (κ3) is 2.95. The minimum Gasteiger partial charge on any atom is -0.452 e. The molecule has 0 fully saturated rings. The highest BCUT2D eigenvalue weighted by Crippen LogP contribution is 2.30. The SMILES string of the molecule is CCc1c(C(=O)c2ccc(C)cc2)oc2ccc(NC(C)=O)cc12. The Hall–Kier alpha value is -2.88. The molecule has 4 nitrogen and oxygen atoms in total. The summed E-state index contributed by atoms with van der Waals surface area (Å²) in [4.78, 5) is 24.0. The first kappa shape index (κ1) is 16.0. The van der Waals surface area contributed by atoms with Gasteiger partial charge < -0.3 is 9.73 Å². The van der Waals surface area contributed by atoms with Gasteiger partial charge in [-0.1, -0.05) is 36.8 Å². The number of ketones is 1. The average molecular weight is 321 g/mol. The molecule has 3 rings (SSSR count). The second-order valence-corrected chi connectivity index (χ2v) is 5.85. The van der Waals surface area contributed by atoms with Crippen LogP contribution in [0.1, 0.15) is 41.1 Å². The van der Waals surface area contributed by atoms with Gasteiger partial charge in [-0.3, -0.25) is 9.59 Å². The van der Waals surface area contributed by atoms with Crippen molar-refractivity contribution < 1.29 is 14.0 Å². The minimum atomic E-state index is -0.133. The molecule has 3 aromatic rings. The second-order valence-electron chi connectivity index (χ2n) is 5.85. The van der Waals surface area contributed by atoms with Crippen LogP contribution in [0.2, 0.25) is 0 Å². The molecule has 0 aliphatic rings. The number of anilines is 1. The second kappa shape index (κ2) is 6.32. The zero-order valence-corrected chi connectivity index (χ0v) is 14.0. The van der Waals surface area contributed by atoms with Crippen molar-refractivity contribution in [2.24, 2.45) is 0 Å². The van der Waals surface area contributed by atoms with Gasteiger partial charge in [0.05, 0.1) is 0 Å². The van der Waals surface area contributed by atoms with E-state index in [1.807, 2.05) is 44.2 Å². The number of carbonyl (C=O) groups excluding carboxylic acids is 2. The van der Waals surface area contributed by atoms with Crippen molar-refractivity contribution >= 4 is 28.3 Å². The van der Waals surface area contributed by atoms with Gasteiger partial charge in [-0.2, -0.15) is 0 Å². The maximum Gasteiger partial charge on any atom is 0.228 e. The van der Waals surface area contributed by atoms with Gasteiger partial charge in [-0.15, -0.1) is 0 Å². The van der Waals surface area contributed by atoms with E-state index in [0.717, 1.165) is 16.5 Å². The number of hydrogen-bond acceptors (Lipinski definition) is 3. The molecule has 0 aliphatic carbocycles. The van der Waals surface area contributed by atoms with E-state index in [1.165, 1.54) is 6.92 Å². The summed E-state index contributed by atoms with van der Waals surface area (Å²) in [6, 6.07) is 12.9. The molecule has 1 amide bonds. The van der Waals surface area contributed by atoms with E-state index in [2.05, 4.69) is 5.32 Å². The first-order valence-electron chi connectivity index (χ1n) is 7.94. The number of furan rings is 1. The number of fused-ring (bicyclic) bond motifs is 1. The van der Waals surface area contributed by atoms with Gasteiger partial charge in [0, 0.05) is 29.1 Å². The highest BCUT2D eigenvalue weighted by Gasteiger charge is 2.21. The molecule has 0 radical (unpaired) electrons. The van der Waals surface area contributed by atoms with Gasteiger partial charge in [0.15, 0.2) is 5.76 Å². The smallest absolute Gasteiger partial charge is 0.228 e. The molecule has 0 aliphatic heterocycles. The monoisotopic (exact) mass is 321 g/mol. The van der Waals surface area contributed by atoms with Gasteiger partial charge in [0.2, 0.25) is 11.7 Å². The maximum absolute atomic E-state index is 12.8. The zero-order chi connectivity index (χ0) is 17.3. The largest absolute Gasteiger partial charge is 0.452 e. The van der Waals surface area contributed by atoms with Crippen molar-refractivity contribution in [2.45, 2.75) is 27.2 Å². The van der Waals surface area contributed by atoms with Gasteiger partial charge in [0.1, 0.15) is 5.58 Å². The molecule has 0 spiro atoms. The van der Waals surface area contributed by atoms with Gasteiger partial charge in [-0.25, -0.2) is 0 Å². The molecule has 0 bridgehead atoms. The van der Waals surface area contributed by atoms with E-state index in [-0.39, 0.29) is 11.7 Å². The van der Waals surface area contributed by atoms with E-state index in [4.69, 9.17) is 4.42 Å². The molecule has 0 saturated carbocycles. The van der Waals surface area contributed by atoms with E-state index >= 15 is 0 Å². The summed E-state index contributed by atoms with van der Waals surface area (Å²) in [6.07, 6.45) is 0.670. The van der Waals surface area contributed by atoms with Crippen LogP contribution in [0, 0.1) is 6.92 Å². The van der Waals surface area contributed by atoms with Crippen LogP contribution in [-0.4, -0.2) is 11.7 Å². The lowest BCUT2D eigenvalue weighted by atomic mass is 10.0. The van der Waals surface area contributed by atoms with E-state index in [9.17, 15) is 9.59 Å². The zero-order valence-electron chi connectivity index (χ0n) is 14.0. The molecule has 122 valence electrons. The normalized spacial score (nSPS) is 10.8. The summed E-state index contributed by atoms with van der Waals surface area (Å²) >= 11 is 0. The molecule has 1 heterocycles. The summed E-state index contributed by atoms with van der Waals surface area (Å²) in [7, 11) is 0. The number of rotatable bonds is 4. The van der Waals surface area contributed by atoms with Crippen LogP contribution in [0.4, 0.5) is 5.69 Å². The van der Waals surface area contributed by atoms with Crippen molar-refractivity contribution in [3.8, 4) is 0 Å². The lowest BCUT2D eigenvalue weighted by Crippen LogP contribution is -2.05. The number of carbonyl (C=O) groups is 2. The quantitative estimate of drug-likeness (QED) is 0.720. The predicted octanol–water partition coefficient (Wildman–Crippen LogP) is 4.49. The lowest BCUT2D eigenvalue weighted by Gasteiger charge is -2.02. The summed E-state index contributed by atoms with van der Waals surface area (Å²) in [6.45, 7) is 5.43. The number of aryl methyl sites for hydroxylation is 2. The van der Waals surface area contributed by atoms with Gasteiger partial charge in [0.25, 0.3) is 0 Å². The van der Waals surface area contributed by atoms with Crippen LogP contribution >= 0.6 is 0 Å².